The third-order valence-corrected chi connectivity index (χ3v) is 3.97. The van der Waals surface area contributed by atoms with Crippen LogP contribution in [0.15, 0.2) is 65.3 Å². The van der Waals surface area contributed by atoms with Gasteiger partial charge in [-0.3, -0.25) is 4.98 Å². The average Bonchev–Trinajstić information content (AvgIpc) is 3.09. The van der Waals surface area contributed by atoms with Crippen LogP contribution in [0.1, 0.15) is 17.0 Å². The number of hydrogen-bond acceptors (Lipinski definition) is 5. The number of hydrogen-bond donors (Lipinski definition) is 1. The molecular weight excluding hydrogens is 319 g/mol. The van der Waals surface area contributed by atoms with E-state index in [0.29, 0.717) is 24.0 Å². The molecule has 6 heteroatoms. The Balaban J connectivity index is 1.47. The highest BCUT2D eigenvalue weighted by atomic mass is 19.1. The lowest BCUT2D eigenvalue weighted by atomic mass is 10.1. The van der Waals surface area contributed by atoms with Crippen molar-refractivity contribution < 1.29 is 8.81 Å². The Hall–Kier alpha value is -3.28. The number of halogens is 1. The summed E-state index contributed by atoms with van der Waals surface area (Å²) in [4.78, 5) is 4.13. The Morgan fingerprint density at radius 2 is 1.84 bits per heavy atom. The van der Waals surface area contributed by atoms with Gasteiger partial charge in [0.1, 0.15) is 5.82 Å². The average molecular weight is 334 g/mol. The smallest absolute Gasteiger partial charge is 0.315 e. The summed E-state index contributed by atoms with van der Waals surface area (Å²) in [6.45, 7) is 0.544. The molecule has 4 rings (SSSR count). The third kappa shape index (κ3) is 3.33. The standard InChI is InChI=1S/C19H15FN4O/c20-17-7-2-1-4-13(17)10-18-23-24-19(25-18)22-12-15-6-3-5-14-11-21-9-8-16(14)15/h1-9,11H,10,12H2,(H,22,24). The molecule has 2 aromatic carbocycles. The van der Waals surface area contributed by atoms with Crippen molar-refractivity contribution in [2.75, 3.05) is 5.32 Å². The Kier molecular flexibility index (Phi) is 4.08. The maximum absolute atomic E-state index is 13.7. The topological polar surface area (TPSA) is 63.8 Å². The van der Waals surface area contributed by atoms with Gasteiger partial charge >= 0.3 is 6.01 Å². The molecular formula is C19H15FN4O. The van der Waals surface area contributed by atoms with Crippen molar-refractivity contribution in [3.63, 3.8) is 0 Å². The molecule has 0 fully saturated rings. The molecule has 0 saturated heterocycles. The number of nitrogens with one attached hydrogen (secondary N) is 1. The lowest BCUT2D eigenvalue weighted by Gasteiger charge is -2.06. The molecule has 0 aliphatic rings. The predicted molar refractivity (Wildman–Crippen MR) is 92.6 cm³/mol. The molecule has 0 aliphatic heterocycles. The lowest BCUT2D eigenvalue weighted by molar-refractivity contribution is 0.510. The van der Waals surface area contributed by atoms with Gasteiger partial charge in [-0.2, -0.15) is 0 Å². The Labute approximate surface area is 143 Å². The molecule has 0 radical (unpaired) electrons. The van der Waals surface area contributed by atoms with Crippen LogP contribution in [0.3, 0.4) is 0 Å². The summed E-state index contributed by atoms with van der Waals surface area (Å²) in [6.07, 6.45) is 3.87. The van der Waals surface area contributed by atoms with E-state index in [0.717, 1.165) is 16.3 Å². The van der Waals surface area contributed by atoms with Gasteiger partial charge in [0, 0.05) is 24.3 Å². The predicted octanol–water partition coefficient (Wildman–Crippen LogP) is 3.96. The highest BCUT2D eigenvalue weighted by molar-refractivity contribution is 5.84. The number of fused-ring (bicyclic) bond motifs is 1. The van der Waals surface area contributed by atoms with E-state index in [2.05, 4.69) is 20.5 Å². The summed E-state index contributed by atoms with van der Waals surface area (Å²) in [7, 11) is 0. The van der Waals surface area contributed by atoms with Crippen molar-refractivity contribution in [2.45, 2.75) is 13.0 Å². The number of anilines is 1. The van der Waals surface area contributed by atoms with Crippen molar-refractivity contribution in [1.82, 2.24) is 15.2 Å². The summed E-state index contributed by atoms with van der Waals surface area (Å²) >= 11 is 0. The van der Waals surface area contributed by atoms with Crippen molar-refractivity contribution in [1.29, 1.82) is 0 Å². The van der Waals surface area contributed by atoms with Gasteiger partial charge in [0.05, 0.1) is 6.42 Å². The summed E-state index contributed by atoms with van der Waals surface area (Å²) in [5.41, 5.74) is 1.63. The minimum absolute atomic E-state index is 0.265. The normalized spacial score (nSPS) is 10.9. The van der Waals surface area contributed by atoms with Gasteiger partial charge in [-0.05, 0) is 28.6 Å². The second-order valence-corrected chi connectivity index (χ2v) is 5.64. The fraction of sp³-hybridized carbons (Fsp3) is 0.105. The van der Waals surface area contributed by atoms with Crippen LogP contribution in [-0.2, 0) is 13.0 Å². The minimum Gasteiger partial charge on any atom is -0.408 e. The maximum Gasteiger partial charge on any atom is 0.315 e. The number of rotatable bonds is 5. The molecule has 0 aliphatic carbocycles. The van der Waals surface area contributed by atoms with E-state index < -0.39 is 0 Å². The van der Waals surface area contributed by atoms with Crippen molar-refractivity contribution in [2.24, 2.45) is 0 Å². The Bertz CT molecular complexity index is 1010. The highest BCUT2D eigenvalue weighted by Gasteiger charge is 2.10. The van der Waals surface area contributed by atoms with Gasteiger partial charge in [-0.15, -0.1) is 5.10 Å². The summed E-state index contributed by atoms with van der Waals surface area (Å²) in [5.74, 6) is 0.0919. The molecule has 1 N–H and O–H groups in total. The van der Waals surface area contributed by atoms with Crippen LogP contribution < -0.4 is 5.32 Å². The fourth-order valence-electron chi connectivity index (χ4n) is 2.72. The van der Waals surface area contributed by atoms with Crippen LogP contribution >= 0.6 is 0 Å². The number of nitrogens with zero attached hydrogens (tertiary/aromatic N) is 3. The molecule has 4 aromatic rings. The Morgan fingerprint density at radius 1 is 0.960 bits per heavy atom. The Morgan fingerprint density at radius 3 is 2.76 bits per heavy atom. The van der Waals surface area contributed by atoms with Gasteiger partial charge in [0.2, 0.25) is 5.89 Å². The number of pyridine rings is 1. The van der Waals surface area contributed by atoms with Gasteiger partial charge in [-0.25, -0.2) is 4.39 Å². The first-order valence-electron chi connectivity index (χ1n) is 7.91. The molecule has 0 bridgehead atoms. The molecule has 0 atom stereocenters. The quantitative estimate of drug-likeness (QED) is 0.598. The van der Waals surface area contributed by atoms with Crippen LogP contribution in [0.2, 0.25) is 0 Å². The molecule has 25 heavy (non-hydrogen) atoms. The SMILES string of the molecule is Fc1ccccc1Cc1nnc(NCc2cccc3cnccc23)o1. The molecule has 0 amide bonds. The zero-order chi connectivity index (χ0) is 17.1. The number of benzene rings is 2. The first-order valence-corrected chi connectivity index (χ1v) is 7.91. The van der Waals surface area contributed by atoms with Crippen LogP contribution in [0.25, 0.3) is 10.8 Å². The van der Waals surface area contributed by atoms with E-state index in [1.54, 1.807) is 24.4 Å². The summed E-state index contributed by atoms with van der Waals surface area (Å²) in [6, 6.07) is 14.9. The second-order valence-electron chi connectivity index (χ2n) is 5.64. The molecule has 2 heterocycles. The van der Waals surface area contributed by atoms with Crippen molar-refractivity contribution in [3.05, 3.63) is 83.8 Å². The lowest BCUT2D eigenvalue weighted by Crippen LogP contribution is -2.00. The zero-order valence-corrected chi connectivity index (χ0v) is 13.3. The van der Waals surface area contributed by atoms with Crippen LogP contribution in [0.5, 0.6) is 0 Å². The number of aromatic nitrogens is 3. The van der Waals surface area contributed by atoms with Gasteiger partial charge in [-0.1, -0.05) is 41.5 Å². The first kappa shape index (κ1) is 15.3. The van der Waals surface area contributed by atoms with Crippen LogP contribution in [0.4, 0.5) is 10.4 Å². The van der Waals surface area contributed by atoms with Gasteiger partial charge in [0.25, 0.3) is 0 Å². The molecule has 2 aromatic heterocycles. The molecule has 124 valence electrons. The van der Waals surface area contributed by atoms with E-state index >= 15 is 0 Å². The molecule has 0 spiro atoms. The van der Waals surface area contributed by atoms with Crippen molar-refractivity contribution >= 4 is 16.8 Å². The summed E-state index contributed by atoms with van der Waals surface area (Å²) in [5, 5.41) is 13.3. The molecule has 0 saturated carbocycles. The molecule has 0 unspecified atom stereocenters. The van der Waals surface area contributed by atoms with Crippen molar-refractivity contribution in [3.8, 4) is 0 Å². The van der Waals surface area contributed by atoms with E-state index in [1.165, 1.54) is 6.07 Å². The third-order valence-electron chi connectivity index (χ3n) is 3.97. The zero-order valence-electron chi connectivity index (χ0n) is 13.3. The molecule has 5 nitrogen and oxygen atoms in total. The van der Waals surface area contributed by atoms with E-state index in [9.17, 15) is 4.39 Å². The van der Waals surface area contributed by atoms with E-state index in [1.807, 2.05) is 30.5 Å². The highest BCUT2D eigenvalue weighted by Crippen LogP contribution is 2.19. The first-order chi connectivity index (χ1) is 12.3. The fourth-order valence-corrected chi connectivity index (χ4v) is 2.72. The van der Waals surface area contributed by atoms with Gasteiger partial charge < -0.3 is 9.73 Å². The van der Waals surface area contributed by atoms with E-state index in [-0.39, 0.29) is 12.2 Å². The van der Waals surface area contributed by atoms with E-state index in [4.69, 9.17) is 4.42 Å². The van der Waals surface area contributed by atoms with Gasteiger partial charge in [0.15, 0.2) is 0 Å². The van der Waals surface area contributed by atoms with Crippen LogP contribution in [-0.4, -0.2) is 15.2 Å². The minimum atomic E-state index is -0.278. The largest absolute Gasteiger partial charge is 0.408 e. The monoisotopic (exact) mass is 334 g/mol. The van der Waals surface area contributed by atoms with Crippen LogP contribution in [0, 0.1) is 5.82 Å². The second kappa shape index (κ2) is 6.68. The summed E-state index contributed by atoms with van der Waals surface area (Å²) < 4.78 is 19.3. The maximum atomic E-state index is 13.7.